The first-order chi connectivity index (χ1) is 5.77. The molecule has 2 atom stereocenters. The first-order valence-electron chi connectivity index (χ1n) is 4.21. The fourth-order valence-corrected chi connectivity index (χ4v) is 1.51. The van der Waals surface area contributed by atoms with E-state index in [0.29, 0.717) is 6.42 Å². The van der Waals surface area contributed by atoms with Gasteiger partial charge in [-0.2, -0.15) is 0 Å². The summed E-state index contributed by atoms with van der Waals surface area (Å²) in [4.78, 5) is 0. The Labute approximate surface area is 73.2 Å². The third-order valence-electron chi connectivity index (χ3n) is 2.28. The van der Waals surface area contributed by atoms with Crippen LogP contribution in [0.1, 0.15) is 26.2 Å². The summed E-state index contributed by atoms with van der Waals surface area (Å²) in [6.45, 7) is 1.99. The Hall–Kier alpha value is -0.940. The molecule has 0 aromatic carbocycles. The van der Waals surface area contributed by atoms with Crippen LogP contribution in [0.25, 0.3) is 0 Å². The lowest BCUT2D eigenvalue weighted by Gasteiger charge is -2.27. The first-order valence-corrected chi connectivity index (χ1v) is 4.21. The lowest BCUT2D eigenvalue weighted by Crippen LogP contribution is -2.31. The zero-order valence-corrected chi connectivity index (χ0v) is 7.29. The van der Waals surface area contributed by atoms with Crippen LogP contribution >= 0.6 is 0 Å². The van der Waals surface area contributed by atoms with Crippen LogP contribution in [0.5, 0.6) is 0 Å². The molecule has 0 amide bonds. The van der Waals surface area contributed by atoms with Crippen molar-refractivity contribution >= 4 is 0 Å². The van der Waals surface area contributed by atoms with Crippen molar-refractivity contribution in [2.45, 2.75) is 38.4 Å². The van der Waals surface area contributed by atoms with Crippen LogP contribution in [0.2, 0.25) is 0 Å². The molecule has 0 spiro atoms. The van der Waals surface area contributed by atoms with E-state index in [0.717, 1.165) is 12.8 Å². The van der Waals surface area contributed by atoms with Crippen molar-refractivity contribution < 1.29 is 9.84 Å². The van der Waals surface area contributed by atoms with Gasteiger partial charge < -0.3 is 9.84 Å². The van der Waals surface area contributed by atoms with Crippen molar-refractivity contribution in [3.05, 3.63) is 11.6 Å². The molecule has 0 bridgehead atoms. The number of allylic oxidation sites excluding steroid dienone is 1. The molecule has 1 rings (SSSR count). The second-order valence-electron chi connectivity index (χ2n) is 3.03. The van der Waals surface area contributed by atoms with Gasteiger partial charge in [-0.25, -0.2) is 0 Å². The predicted molar refractivity (Wildman–Crippen MR) is 47.3 cm³/mol. The smallest absolute Gasteiger partial charge is 0.137 e. The molecule has 1 aliphatic carbocycles. The van der Waals surface area contributed by atoms with Crippen LogP contribution in [0, 0.1) is 12.5 Å². The first kappa shape index (κ1) is 9.15. The SMILES string of the molecule is C#COC1CCC(=CC)CC1O. The lowest BCUT2D eigenvalue weighted by molar-refractivity contribution is 0.00366. The van der Waals surface area contributed by atoms with Crippen molar-refractivity contribution in [2.75, 3.05) is 0 Å². The van der Waals surface area contributed by atoms with E-state index in [-0.39, 0.29) is 6.10 Å². The molecule has 1 fully saturated rings. The van der Waals surface area contributed by atoms with E-state index >= 15 is 0 Å². The molecule has 2 nitrogen and oxygen atoms in total. The number of rotatable bonds is 1. The Balaban J connectivity index is 2.49. The number of terminal acetylenes is 1. The minimum absolute atomic E-state index is 0.168. The second-order valence-corrected chi connectivity index (χ2v) is 3.03. The molecule has 0 heterocycles. The van der Waals surface area contributed by atoms with E-state index in [1.54, 1.807) is 0 Å². The monoisotopic (exact) mass is 166 g/mol. The van der Waals surface area contributed by atoms with Crippen molar-refractivity contribution in [3.63, 3.8) is 0 Å². The third kappa shape index (κ3) is 2.02. The van der Waals surface area contributed by atoms with Crippen LogP contribution in [0.15, 0.2) is 11.6 Å². The average molecular weight is 166 g/mol. The van der Waals surface area contributed by atoms with Crippen molar-refractivity contribution in [1.82, 2.24) is 0 Å². The van der Waals surface area contributed by atoms with E-state index in [1.165, 1.54) is 5.57 Å². The van der Waals surface area contributed by atoms with Gasteiger partial charge in [0.2, 0.25) is 0 Å². The molecule has 66 valence electrons. The van der Waals surface area contributed by atoms with Gasteiger partial charge in [0.05, 0.1) is 6.10 Å². The van der Waals surface area contributed by atoms with Crippen LogP contribution in [-0.2, 0) is 4.74 Å². The van der Waals surface area contributed by atoms with Crippen LogP contribution in [0.4, 0.5) is 0 Å². The molecule has 0 radical (unpaired) electrons. The fraction of sp³-hybridized carbons (Fsp3) is 0.600. The topological polar surface area (TPSA) is 29.5 Å². The number of hydrogen-bond donors (Lipinski definition) is 1. The Bertz CT molecular complexity index is 212. The highest BCUT2D eigenvalue weighted by Gasteiger charge is 2.26. The molecule has 0 aromatic heterocycles. The van der Waals surface area contributed by atoms with Crippen LogP contribution < -0.4 is 0 Å². The Morgan fingerprint density at radius 3 is 3.00 bits per heavy atom. The Kier molecular flexibility index (Phi) is 3.19. The molecule has 0 aromatic rings. The summed E-state index contributed by atoms with van der Waals surface area (Å²) in [5.74, 6) is 0. The van der Waals surface area contributed by atoms with E-state index in [1.807, 2.05) is 6.92 Å². The van der Waals surface area contributed by atoms with Gasteiger partial charge in [0, 0.05) is 0 Å². The van der Waals surface area contributed by atoms with Gasteiger partial charge in [-0.05, 0) is 26.2 Å². The van der Waals surface area contributed by atoms with Crippen LogP contribution in [0.3, 0.4) is 0 Å². The summed E-state index contributed by atoms with van der Waals surface area (Å²) >= 11 is 0. The molecule has 2 unspecified atom stereocenters. The van der Waals surface area contributed by atoms with Crippen molar-refractivity contribution in [3.8, 4) is 12.5 Å². The van der Waals surface area contributed by atoms with E-state index in [9.17, 15) is 5.11 Å². The molecular weight excluding hydrogens is 152 g/mol. The van der Waals surface area contributed by atoms with Crippen molar-refractivity contribution in [1.29, 1.82) is 0 Å². The molecular formula is C10H14O2. The highest BCUT2D eigenvalue weighted by atomic mass is 16.5. The normalized spacial score (nSPS) is 32.9. The summed E-state index contributed by atoms with van der Waals surface area (Å²) < 4.78 is 4.94. The van der Waals surface area contributed by atoms with Gasteiger partial charge in [-0.15, -0.1) is 0 Å². The second kappa shape index (κ2) is 4.18. The molecule has 1 saturated carbocycles. The summed E-state index contributed by atoms with van der Waals surface area (Å²) in [6.07, 6.45) is 11.1. The number of aliphatic hydroxyl groups excluding tert-OH is 1. The standard InChI is InChI=1S/C10H14O2/c1-3-8-5-6-10(12-4-2)9(11)7-8/h2-3,9-11H,5-7H2,1H3. The minimum Gasteiger partial charge on any atom is -0.441 e. The van der Waals surface area contributed by atoms with Gasteiger partial charge in [0.1, 0.15) is 12.2 Å². The zero-order valence-electron chi connectivity index (χ0n) is 7.29. The zero-order chi connectivity index (χ0) is 8.97. The van der Waals surface area contributed by atoms with Crippen LogP contribution in [-0.4, -0.2) is 17.3 Å². The molecule has 2 heteroatoms. The van der Waals surface area contributed by atoms with E-state index in [4.69, 9.17) is 11.2 Å². The summed E-state index contributed by atoms with van der Waals surface area (Å²) in [5.41, 5.74) is 1.29. The number of hydrogen-bond acceptors (Lipinski definition) is 2. The largest absolute Gasteiger partial charge is 0.441 e. The van der Waals surface area contributed by atoms with Gasteiger partial charge in [0.25, 0.3) is 0 Å². The Morgan fingerprint density at radius 2 is 2.50 bits per heavy atom. The van der Waals surface area contributed by atoms with Gasteiger partial charge in [0.15, 0.2) is 0 Å². The highest BCUT2D eigenvalue weighted by molar-refractivity contribution is 5.07. The minimum atomic E-state index is -0.430. The molecule has 1 N–H and O–H groups in total. The number of ether oxygens (including phenoxy) is 1. The maximum absolute atomic E-state index is 9.54. The maximum atomic E-state index is 9.54. The van der Waals surface area contributed by atoms with E-state index in [2.05, 4.69) is 12.2 Å². The molecule has 1 aliphatic rings. The maximum Gasteiger partial charge on any atom is 0.137 e. The van der Waals surface area contributed by atoms with Gasteiger partial charge >= 0.3 is 0 Å². The summed E-state index contributed by atoms with van der Waals surface area (Å²) in [5, 5.41) is 9.54. The average Bonchev–Trinajstić information content (AvgIpc) is 2.09. The third-order valence-corrected chi connectivity index (χ3v) is 2.28. The van der Waals surface area contributed by atoms with Gasteiger partial charge in [-0.1, -0.05) is 18.1 Å². The Morgan fingerprint density at radius 1 is 1.75 bits per heavy atom. The molecule has 0 aliphatic heterocycles. The molecule has 12 heavy (non-hydrogen) atoms. The fourth-order valence-electron chi connectivity index (χ4n) is 1.51. The lowest BCUT2D eigenvalue weighted by atomic mass is 9.90. The van der Waals surface area contributed by atoms with Crippen molar-refractivity contribution in [2.24, 2.45) is 0 Å². The summed E-state index contributed by atoms with van der Waals surface area (Å²) in [7, 11) is 0. The van der Waals surface area contributed by atoms with E-state index < -0.39 is 6.10 Å². The highest BCUT2D eigenvalue weighted by Crippen LogP contribution is 2.25. The predicted octanol–water partition coefficient (Wildman–Crippen LogP) is 1.45. The molecule has 0 saturated heterocycles. The van der Waals surface area contributed by atoms with Gasteiger partial charge in [-0.3, -0.25) is 0 Å². The number of aliphatic hydroxyl groups is 1. The summed E-state index contributed by atoms with van der Waals surface area (Å²) in [6, 6.07) is 0. The quantitative estimate of drug-likeness (QED) is 0.472.